The van der Waals surface area contributed by atoms with Crippen molar-refractivity contribution in [1.29, 1.82) is 0 Å². The van der Waals surface area contributed by atoms with E-state index in [1.165, 1.54) is 16.0 Å². The van der Waals surface area contributed by atoms with Gasteiger partial charge in [0.05, 0.1) is 0 Å². The van der Waals surface area contributed by atoms with Gasteiger partial charge in [0, 0.05) is 10.1 Å². The van der Waals surface area contributed by atoms with Gasteiger partial charge in [0.2, 0.25) is 0 Å². The zero-order chi connectivity index (χ0) is 20.1. The summed E-state index contributed by atoms with van der Waals surface area (Å²) in [5, 5.41) is 19.2. The van der Waals surface area contributed by atoms with Crippen molar-refractivity contribution in [2.45, 2.75) is 36.3 Å². The standard InChI is InChI=1S/C18H23NS.C3H4O4/c1-3-15-9-7-8-12-17(15)20-18(13-14-19-2)16-10-5-4-6-11-16;4-2(5)1-3(6)7/h4-12,18-19H,3,13-14H2,1-2H3;1H2,(H,4,5)(H,6,7). The van der Waals surface area contributed by atoms with Crippen molar-refractivity contribution >= 4 is 23.7 Å². The molecule has 0 aliphatic rings. The van der Waals surface area contributed by atoms with Crippen LogP contribution in [0.15, 0.2) is 59.5 Å². The number of rotatable bonds is 9. The van der Waals surface area contributed by atoms with Gasteiger partial charge < -0.3 is 15.5 Å². The highest BCUT2D eigenvalue weighted by molar-refractivity contribution is 7.99. The number of carboxylic acids is 2. The van der Waals surface area contributed by atoms with E-state index in [0.29, 0.717) is 5.25 Å². The molecule has 146 valence electrons. The summed E-state index contributed by atoms with van der Waals surface area (Å²) in [7, 11) is 2.02. The second-order valence-corrected chi connectivity index (χ2v) is 7.08. The Balaban J connectivity index is 0.000000445. The van der Waals surface area contributed by atoms with Crippen LogP contribution < -0.4 is 5.32 Å². The molecule has 2 aromatic carbocycles. The molecule has 2 aromatic rings. The quantitative estimate of drug-likeness (QED) is 0.439. The Morgan fingerprint density at radius 3 is 2.11 bits per heavy atom. The Morgan fingerprint density at radius 2 is 1.59 bits per heavy atom. The number of hydrogen-bond acceptors (Lipinski definition) is 4. The number of aryl methyl sites for hydroxylation is 1. The highest BCUT2D eigenvalue weighted by Gasteiger charge is 2.14. The molecule has 0 fully saturated rings. The number of carbonyl (C=O) groups is 2. The average molecular weight is 390 g/mol. The van der Waals surface area contributed by atoms with Gasteiger partial charge in [-0.1, -0.05) is 55.5 Å². The monoisotopic (exact) mass is 389 g/mol. The van der Waals surface area contributed by atoms with Crippen LogP contribution in [0.2, 0.25) is 0 Å². The number of thioether (sulfide) groups is 1. The summed E-state index contributed by atoms with van der Waals surface area (Å²) in [6, 6.07) is 19.6. The van der Waals surface area contributed by atoms with Crippen LogP contribution in [0.4, 0.5) is 0 Å². The molecule has 0 aromatic heterocycles. The predicted octanol–water partition coefficient (Wildman–Crippen LogP) is 4.24. The Morgan fingerprint density at radius 1 is 1.00 bits per heavy atom. The van der Waals surface area contributed by atoms with E-state index in [2.05, 4.69) is 66.8 Å². The average Bonchev–Trinajstić information content (AvgIpc) is 2.65. The lowest BCUT2D eigenvalue weighted by atomic mass is 10.1. The van der Waals surface area contributed by atoms with Crippen molar-refractivity contribution in [3.05, 3.63) is 65.7 Å². The van der Waals surface area contributed by atoms with Crippen LogP contribution in [0.1, 0.15) is 36.1 Å². The third-order valence-corrected chi connectivity index (χ3v) is 5.20. The number of aliphatic carboxylic acids is 2. The molecule has 5 nitrogen and oxygen atoms in total. The van der Waals surface area contributed by atoms with Crippen molar-refractivity contribution in [3.8, 4) is 0 Å². The highest BCUT2D eigenvalue weighted by atomic mass is 32.2. The van der Waals surface area contributed by atoms with E-state index in [9.17, 15) is 9.59 Å². The van der Waals surface area contributed by atoms with Gasteiger partial charge in [-0.3, -0.25) is 9.59 Å². The molecule has 6 heteroatoms. The van der Waals surface area contributed by atoms with E-state index >= 15 is 0 Å². The molecule has 2 rings (SSSR count). The first kappa shape index (κ1) is 22.7. The van der Waals surface area contributed by atoms with E-state index < -0.39 is 18.4 Å². The molecule has 0 spiro atoms. The summed E-state index contributed by atoms with van der Waals surface area (Å²) in [5.41, 5.74) is 2.86. The number of nitrogens with one attached hydrogen (secondary N) is 1. The fourth-order valence-electron chi connectivity index (χ4n) is 2.43. The molecule has 0 saturated heterocycles. The molecule has 0 bridgehead atoms. The molecular formula is C21H27NO4S. The van der Waals surface area contributed by atoms with Crippen molar-refractivity contribution in [2.24, 2.45) is 0 Å². The topological polar surface area (TPSA) is 86.6 Å². The van der Waals surface area contributed by atoms with Crippen molar-refractivity contribution in [2.75, 3.05) is 13.6 Å². The van der Waals surface area contributed by atoms with Gasteiger partial charge in [-0.15, -0.1) is 11.8 Å². The van der Waals surface area contributed by atoms with Crippen LogP contribution in [0, 0.1) is 0 Å². The first-order chi connectivity index (χ1) is 13.0. The molecule has 1 atom stereocenters. The van der Waals surface area contributed by atoms with Crippen LogP contribution in [-0.2, 0) is 16.0 Å². The molecule has 1 unspecified atom stereocenters. The van der Waals surface area contributed by atoms with Crippen molar-refractivity contribution in [3.63, 3.8) is 0 Å². The van der Waals surface area contributed by atoms with Gasteiger partial charge in [0.1, 0.15) is 6.42 Å². The molecule has 0 aliphatic heterocycles. The summed E-state index contributed by atoms with van der Waals surface area (Å²) in [5.74, 6) is -2.62. The largest absolute Gasteiger partial charge is 0.481 e. The zero-order valence-electron chi connectivity index (χ0n) is 15.7. The van der Waals surface area contributed by atoms with E-state index in [-0.39, 0.29) is 0 Å². The van der Waals surface area contributed by atoms with E-state index in [4.69, 9.17) is 10.2 Å². The third-order valence-electron chi connectivity index (χ3n) is 3.75. The van der Waals surface area contributed by atoms with Gasteiger partial charge in [-0.2, -0.15) is 0 Å². The van der Waals surface area contributed by atoms with Crippen molar-refractivity contribution < 1.29 is 19.8 Å². The van der Waals surface area contributed by atoms with Crippen LogP contribution in [0.25, 0.3) is 0 Å². The maximum atomic E-state index is 9.43. The van der Waals surface area contributed by atoms with Gasteiger partial charge in [-0.05, 0) is 43.6 Å². The maximum Gasteiger partial charge on any atom is 0.314 e. The van der Waals surface area contributed by atoms with Crippen LogP contribution in [-0.4, -0.2) is 35.7 Å². The Labute approximate surface area is 164 Å². The summed E-state index contributed by atoms with van der Waals surface area (Å²) in [6.07, 6.45) is 1.43. The van der Waals surface area contributed by atoms with Crippen LogP contribution in [0.3, 0.4) is 0 Å². The minimum absolute atomic E-state index is 0.511. The number of benzene rings is 2. The number of carboxylic acid groups (broad SMARTS) is 2. The van der Waals surface area contributed by atoms with E-state index in [1.807, 2.05) is 18.8 Å². The SMILES string of the molecule is CCc1ccccc1SC(CCNC)c1ccccc1.O=C(O)CC(=O)O. The second-order valence-electron chi connectivity index (χ2n) is 5.83. The van der Waals surface area contributed by atoms with Gasteiger partial charge in [0.25, 0.3) is 0 Å². The number of hydrogen-bond donors (Lipinski definition) is 3. The molecule has 0 aliphatic carbocycles. The second kappa shape index (κ2) is 12.9. The van der Waals surface area contributed by atoms with Gasteiger partial charge >= 0.3 is 11.9 Å². The summed E-state index contributed by atoms with van der Waals surface area (Å²) >= 11 is 1.99. The molecule has 3 N–H and O–H groups in total. The fraction of sp³-hybridized carbons (Fsp3) is 0.333. The third kappa shape index (κ3) is 9.26. The van der Waals surface area contributed by atoms with Gasteiger partial charge in [-0.25, -0.2) is 0 Å². The summed E-state index contributed by atoms with van der Waals surface area (Å²) < 4.78 is 0. The predicted molar refractivity (Wildman–Crippen MR) is 109 cm³/mol. The van der Waals surface area contributed by atoms with Crippen LogP contribution >= 0.6 is 11.8 Å². The molecule has 0 heterocycles. The smallest absolute Gasteiger partial charge is 0.314 e. The molecule has 0 radical (unpaired) electrons. The lowest BCUT2D eigenvalue weighted by Gasteiger charge is -2.18. The maximum absolute atomic E-state index is 9.43. The Kier molecular flexibility index (Phi) is 10.9. The minimum atomic E-state index is -1.31. The Hall–Kier alpha value is -2.31. The van der Waals surface area contributed by atoms with Crippen molar-refractivity contribution in [1.82, 2.24) is 5.32 Å². The minimum Gasteiger partial charge on any atom is -0.481 e. The summed E-state index contributed by atoms with van der Waals surface area (Å²) in [6.45, 7) is 3.27. The van der Waals surface area contributed by atoms with E-state index in [1.54, 1.807) is 0 Å². The Bertz CT molecular complexity index is 694. The lowest BCUT2D eigenvalue weighted by Crippen LogP contribution is -2.11. The first-order valence-corrected chi connectivity index (χ1v) is 9.73. The highest BCUT2D eigenvalue weighted by Crippen LogP contribution is 2.39. The lowest BCUT2D eigenvalue weighted by molar-refractivity contribution is -0.147. The van der Waals surface area contributed by atoms with E-state index in [0.717, 1.165) is 19.4 Å². The fourth-order valence-corrected chi connectivity index (χ4v) is 3.79. The molecular weight excluding hydrogens is 362 g/mol. The molecule has 0 saturated carbocycles. The molecule has 27 heavy (non-hydrogen) atoms. The first-order valence-electron chi connectivity index (χ1n) is 8.85. The van der Waals surface area contributed by atoms with Crippen LogP contribution in [0.5, 0.6) is 0 Å². The normalized spacial score (nSPS) is 11.2. The zero-order valence-corrected chi connectivity index (χ0v) is 16.5. The van der Waals surface area contributed by atoms with Gasteiger partial charge in [0.15, 0.2) is 0 Å². The summed E-state index contributed by atoms with van der Waals surface area (Å²) in [4.78, 5) is 20.3. The molecule has 0 amide bonds.